The molecule has 0 aliphatic heterocycles. The second-order valence-corrected chi connectivity index (χ2v) is 5.65. The van der Waals surface area contributed by atoms with Gasteiger partial charge in [0.2, 0.25) is 0 Å². The van der Waals surface area contributed by atoms with Gasteiger partial charge in [-0.2, -0.15) is 0 Å². The fourth-order valence-electron chi connectivity index (χ4n) is 2.03. The lowest BCUT2D eigenvalue weighted by Crippen LogP contribution is -2.13. The van der Waals surface area contributed by atoms with Crippen LogP contribution in [0.2, 0.25) is 0 Å². The molecule has 0 unspecified atom stereocenters. The number of benzene rings is 3. The molecular formula is C22H22O3. The molecule has 0 aliphatic rings. The molecule has 0 spiro atoms. The second-order valence-electron chi connectivity index (χ2n) is 5.65. The molecule has 0 amide bonds. The average molecular weight is 334 g/mol. The number of hydrogen-bond donors (Lipinski definition) is 0. The fraction of sp³-hybridized carbons (Fsp3) is 0.136. The Bertz CT molecular complexity index is 695. The molecule has 128 valence electrons. The van der Waals surface area contributed by atoms with Crippen LogP contribution in [0, 0.1) is 0 Å². The molecular weight excluding hydrogens is 312 g/mol. The summed E-state index contributed by atoms with van der Waals surface area (Å²) in [7, 11) is 0. The standard InChI is InChI=1S/C13H10O3.C9H12/c14-13(15-11-7-3-1-4-8-11)16-12-9-5-2-6-10-12;1-8(2)9-6-4-3-5-7-9/h1-10H;3-8H,1-2H3. The number of ether oxygens (including phenoxy) is 2. The van der Waals surface area contributed by atoms with E-state index in [0.717, 1.165) is 0 Å². The van der Waals surface area contributed by atoms with Gasteiger partial charge in [-0.05, 0) is 35.7 Å². The summed E-state index contributed by atoms with van der Waals surface area (Å²) in [5, 5.41) is 0. The van der Waals surface area contributed by atoms with Crippen LogP contribution in [0.4, 0.5) is 4.79 Å². The first kappa shape index (κ1) is 18.3. The highest BCUT2D eigenvalue weighted by Gasteiger charge is 2.06. The molecule has 0 saturated heterocycles. The molecule has 3 rings (SSSR count). The Hall–Kier alpha value is -3.07. The van der Waals surface area contributed by atoms with E-state index in [1.54, 1.807) is 48.5 Å². The number of hydrogen-bond acceptors (Lipinski definition) is 3. The predicted molar refractivity (Wildman–Crippen MR) is 100 cm³/mol. The minimum absolute atomic E-state index is 0.462. The molecule has 3 heteroatoms. The van der Waals surface area contributed by atoms with E-state index in [1.807, 2.05) is 18.2 Å². The zero-order valence-electron chi connectivity index (χ0n) is 14.5. The van der Waals surface area contributed by atoms with Gasteiger partial charge in [-0.25, -0.2) is 4.79 Å². The van der Waals surface area contributed by atoms with E-state index < -0.39 is 6.16 Å². The van der Waals surface area contributed by atoms with Gasteiger partial charge in [-0.1, -0.05) is 80.6 Å². The molecule has 0 saturated carbocycles. The molecule has 0 heterocycles. The summed E-state index contributed by atoms with van der Waals surface area (Å²) in [5.41, 5.74) is 1.41. The highest BCUT2D eigenvalue weighted by Crippen LogP contribution is 2.13. The molecule has 0 N–H and O–H groups in total. The van der Waals surface area contributed by atoms with Crippen LogP contribution in [0.1, 0.15) is 25.3 Å². The van der Waals surface area contributed by atoms with Gasteiger partial charge in [-0.15, -0.1) is 0 Å². The Balaban J connectivity index is 0.000000212. The van der Waals surface area contributed by atoms with Crippen molar-refractivity contribution in [2.45, 2.75) is 19.8 Å². The zero-order valence-corrected chi connectivity index (χ0v) is 14.5. The van der Waals surface area contributed by atoms with Gasteiger partial charge in [0.1, 0.15) is 11.5 Å². The third-order valence-corrected chi connectivity index (χ3v) is 3.36. The summed E-state index contributed by atoms with van der Waals surface area (Å²) in [6.45, 7) is 4.41. The summed E-state index contributed by atoms with van der Waals surface area (Å²) in [6, 6.07) is 28.1. The van der Waals surface area contributed by atoms with Gasteiger partial charge < -0.3 is 9.47 Å². The largest absolute Gasteiger partial charge is 0.519 e. The molecule has 0 fully saturated rings. The third kappa shape index (κ3) is 6.92. The average Bonchev–Trinajstić information content (AvgIpc) is 2.64. The Morgan fingerprint density at radius 2 is 1.00 bits per heavy atom. The van der Waals surface area contributed by atoms with Crippen LogP contribution < -0.4 is 9.47 Å². The minimum atomic E-state index is -0.739. The molecule has 25 heavy (non-hydrogen) atoms. The summed E-state index contributed by atoms with van der Waals surface area (Å²) in [6.07, 6.45) is -0.739. The van der Waals surface area contributed by atoms with Gasteiger partial charge in [-0.3, -0.25) is 0 Å². The maximum Gasteiger partial charge on any atom is 0.519 e. The van der Waals surface area contributed by atoms with Crippen LogP contribution in [0.5, 0.6) is 11.5 Å². The van der Waals surface area contributed by atoms with Crippen molar-refractivity contribution in [3.05, 3.63) is 96.6 Å². The van der Waals surface area contributed by atoms with Crippen molar-refractivity contribution in [3.8, 4) is 11.5 Å². The van der Waals surface area contributed by atoms with Gasteiger partial charge in [0.15, 0.2) is 0 Å². The maximum absolute atomic E-state index is 11.3. The minimum Gasteiger partial charge on any atom is -0.395 e. The zero-order chi connectivity index (χ0) is 17.9. The number of carbonyl (C=O) groups excluding carboxylic acids is 1. The smallest absolute Gasteiger partial charge is 0.395 e. The van der Waals surface area contributed by atoms with Crippen molar-refractivity contribution < 1.29 is 14.3 Å². The number of carbonyl (C=O) groups is 1. The summed E-state index contributed by atoms with van der Waals surface area (Å²) < 4.78 is 9.91. The van der Waals surface area contributed by atoms with E-state index in [9.17, 15) is 4.79 Å². The summed E-state index contributed by atoms with van der Waals surface area (Å²) in [5.74, 6) is 1.58. The quantitative estimate of drug-likeness (QED) is 0.430. The van der Waals surface area contributed by atoms with Gasteiger partial charge >= 0.3 is 6.16 Å². The maximum atomic E-state index is 11.3. The number of para-hydroxylation sites is 2. The first-order valence-electron chi connectivity index (χ1n) is 8.20. The summed E-state index contributed by atoms with van der Waals surface area (Å²) in [4.78, 5) is 11.3. The predicted octanol–water partition coefficient (Wildman–Crippen LogP) is 6.07. The molecule has 0 aromatic heterocycles. The Morgan fingerprint density at radius 1 is 0.640 bits per heavy atom. The third-order valence-electron chi connectivity index (χ3n) is 3.36. The van der Waals surface area contributed by atoms with Crippen LogP contribution in [-0.2, 0) is 0 Å². The van der Waals surface area contributed by atoms with Crippen LogP contribution in [0.3, 0.4) is 0 Å². The van der Waals surface area contributed by atoms with Crippen molar-refractivity contribution in [2.75, 3.05) is 0 Å². The van der Waals surface area contributed by atoms with Crippen molar-refractivity contribution in [1.82, 2.24) is 0 Å². The topological polar surface area (TPSA) is 35.5 Å². The lowest BCUT2D eigenvalue weighted by Gasteiger charge is -2.04. The molecule has 0 aliphatic carbocycles. The molecule has 3 aromatic carbocycles. The van der Waals surface area contributed by atoms with Gasteiger partial charge in [0.25, 0.3) is 0 Å². The van der Waals surface area contributed by atoms with E-state index in [1.165, 1.54) is 5.56 Å². The van der Waals surface area contributed by atoms with Crippen LogP contribution in [0.15, 0.2) is 91.0 Å². The SMILES string of the molecule is CC(C)c1ccccc1.O=C(Oc1ccccc1)Oc1ccccc1. The van der Waals surface area contributed by atoms with Crippen molar-refractivity contribution in [2.24, 2.45) is 0 Å². The monoisotopic (exact) mass is 334 g/mol. The second kappa shape index (κ2) is 9.93. The van der Waals surface area contributed by atoms with E-state index >= 15 is 0 Å². The Morgan fingerprint density at radius 3 is 1.32 bits per heavy atom. The van der Waals surface area contributed by atoms with E-state index in [-0.39, 0.29) is 0 Å². The first-order valence-corrected chi connectivity index (χ1v) is 8.20. The van der Waals surface area contributed by atoms with Gasteiger partial charge in [0, 0.05) is 0 Å². The highest BCUT2D eigenvalue weighted by molar-refractivity contribution is 5.66. The number of rotatable bonds is 3. The van der Waals surface area contributed by atoms with Crippen LogP contribution in [0.25, 0.3) is 0 Å². The van der Waals surface area contributed by atoms with E-state index in [4.69, 9.17) is 9.47 Å². The first-order chi connectivity index (χ1) is 12.1. The van der Waals surface area contributed by atoms with Crippen LogP contribution >= 0.6 is 0 Å². The van der Waals surface area contributed by atoms with Crippen molar-refractivity contribution in [1.29, 1.82) is 0 Å². The van der Waals surface area contributed by atoms with Crippen LogP contribution in [-0.4, -0.2) is 6.16 Å². The van der Waals surface area contributed by atoms with E-state index in [2.05, 4.69) is 38.1 Å². The van der Waals surface area contributed by atoms with Crippen molar-refractivity contribution >= 4 is 6.16 Å². The van der Waals surface area contributed by atoms with Gasteiger partial charge in [0.05, 0.1) is 0 Å². The fourth-order valence-corrected chi connectivity index (χ4v) is 2.03. The molecule has 3 nitrogen and oxygen atoms in total. The normalized spacial score (nSPS) is 9.72. The highest BCUT2D eigenvalue weighted by atomic mass is 16.7. The lowest BCUT2D eigenvalue weighted by molar-refractivity contribution is 0.152. The lowest BCUT2D eigenvalue weighted by atomic mass is 10.0. The molecule has 0 atom stereocenters. The van der Waals surface area contributed by atoms with Crippen molar-refractivity contribution in [3.63, 3.8) is 0 Å². The Labute approximate surface area is 148 Å². The molecule has 3 aromatic rings. The molecule has 0 bridgehead atoms. The summed E-state index contributed by atoms with van der Waals surface area (Å²) >= 11 is 0. The van der Waals surface area contributed by atoms with E-state index in [0.29, 0.717) is 17.4 Å². The Kier molecular flexibility index (Phi) is 7.26. The molecule has 0 radical (unpaired) electrons.